The summed E-state index contributed by atoms with van der Waals surface area (Å²) in [5.41, 5.74) is 5.50. The predicted molar refractivity (Wildman–Crippen MR) is 55.3 cm³/mol. The summed E-state index contributed by atoms with van der Waals surface area (Å²) in [6.07, 6.45) is 3.24. The molecule has 0 aliphatic carbocycles. The molecule has 1 amide bonds. The Bertz CT molecular complexity index is 253. The smallest absolute Gasteiger partial charge is 0.326 e. The normalized spacial score (nSPS) is 24.4. The van der Waals surface area contributed by atoms with Crippen LogP contribution in [-0.2, 0) is 9.59 Å². The molecule has 0 spiro atoms. The number of hydrogen-bond acceptors (Lipinski definition) is 3. The van der Waals surface area contributed by atoms with Gasteiger partial charge < -0.3 is 15.7 Å². The van der Waals surface area contributed by atoms with Crippen LogP contribution >= 0.6 is 0 Å². The number of carbonyl (C=O) groups is 2. The fourth-order valence-electron chi connectivity index (χ4n) is 1.89. The zero-order valence-corrected chi connectivity index (χ0v) is 8.98. The van der Waals surface area contributed by atoms with Gasteiger partial charge in [-0.2, -0.15) is 0 Å². The van der Waals surface area contributed by atoms with Gasteiger partial charge in [0.05, 0.1) is 6.04 Å². The fourth-order valence-corrected chi connectivity index (χ4v) is 1.89. The summed E-state index contributed by atoms with van der Waals surface area (Å²) in [5, 5.41) is 9.03. The van der Waals surface area contributed by atoms with Crippen LogP contribution in [0.25, 0.3) is 0 Å². The standard InChI is InChI=1S/C10H18N2O3/c1-7(11)9(13)12-6-4-2-3-5-8(12)10(14)15/h7-8H,2-6,11H2,1H3,(H,14,15). The Morgan fingerprint density at radius 2 is 2.07 bits per heavy atom. The third-order valence-electron chi connectivity index (χ3n) is 2.71. The van der Waals surface area contributed by atoms with E-state index in [1.165, 1.54) is 4.90 Å². The van der Waals surface area contributed by atoms with Crippen LogP contribution in [0.5, 0.6) is 0 Å². The summed E-state index contributed by atoms with van der Waals surface area (Å²) in [6, 6.07) is -1.31. The van der Waals surface area contributed by atoms with Crippen LogP contribution in [-0.4, -0.2) is 40.5 Å². The van der Waals surface area contributed by atoms with Crippen molar-refractivity contribution >= 4 is 11.9 Å². The summed E-state index contributed by atoms with van der Waals surface area (Å²) in [4.78, 5) is 24.1. The van der Waals surface area contributed by atoms with Crippen molar-refractivity contribution in [3.63, 3.8) is 0 Å². The van der Waals surface area contributed by atoms with E-state index in [9.17, 15) is 9.59 Å². The van der Waals surface area contributed by atoms with E-state index in [2.05, 4.69) is 0 Å². The van der Waals surface area contributed by atoms with Gasteiger partial charge in [-0.25, -0.2) is 4.79 Å². The molecule has 0 aromatic heterocycles. The van der Waals surface area contributed by atoms with Gasteiger partial charge in [-0.3, -0.25) is 4.79 Å². The second-order valence-corrected chi connectivity index (χ2v) is 4.02. The average Bonchev–Trinajstić information content (AvgIpc) is 2.40. The van der Waals surface area contributed by atoms with Crippen molar-refractivity contribution in [3.05, 3.63) is 0 Å². The van der Waals surface area contributed by atoms with Gasteiger partial charge in [0.1, 0.15) is 6.04 Å². The Balaban J connectivity index is 2.79. The van der Waals surface area contributed by atoms with Crippen molar-refractivity contribution in [1.82, 2.24) is 4.90 Å². The van der Waals surface area contributed by atoms with Gasteiger partial charge in [0.15, 0.2) is 0 Å². The van der Waals surface area contributed by atoms with Crippen LogP contribution < -0.4 is 5.73 Å². The summed E-state index contributed by atoms with van der Waals surface area (Å²) in [5.74, 6) is -1.18. The number of nitrogens with zero attached hydrogens (tertiary/aromatic N) is 1. The van der Waals surface area contributed by atoms with Gasteiger partial charge in [-0.05, 0) is 19.8 Å². The monoisotopic (exact) mass is 214 g/mol. The molecule has 0 aromatic rings. The van der Waals surface area contributed by atoms with E-state index < -0.39 is 18.1 Å². The lowest BCUT2D eigenvalue weighted by molar-refractivity contribution is -0.150. The highest BCUT2D eigenvalue weighted by molar-refractivity contribution is 5.86. The largest absolute Gasteiger partial charge is 0.480 e. The highest BCUT2D eigenvalue weighted by atomic mass is 16.4. The number of carboxylic acid groups (broad SMARTS) is 1. The molecule has 1 heterocycles. The summed E-state index contributed by atoms with van der Waals surface area (Å²) in [7, 11) is 0. The molecule has 1 saturated heterocycles. The Labute approximate surface area is 89.2 Å². The van der Waals surface area contributed by atoms with E-state index in [-0.39, 0.29) is 5.91 Å². The maximum atomic E-state index is 11.7. The maximum Gasteiger partial charge on any atom is 0.326 e. The molecule has 3 N–H and O–H groups in total. The van der Waals surface area contributed by atoms with Crippen LogP contribution in [0.3, 0.4) is 0 Å². The number of aliphatic carboxylic acids is 1. The molecule has 1 fully saturated rings. The molecular weight excluding hydrogens is 196 g/mol. The topological polar surface area (TPSA) is 83.6 Å². The molecule has 15 heavy (non-hydrogen) atoms. The number of rotatable bonds is 2. The third-order valence-corrected chi connectivity index (χ3v) is 2.71. The second-order valence-electron chi connectivity index (χ2n) is 4.02. The van der Waals surface area contributed by atoms with Gasteiger partial charge in [0.2, 0.25) is 5.91 Å². The SMILES string of the molecule is CC(N)C(=O)N1CCCCCC1C(=O)O. The van der Waals surface area contributed by atoms with E-state index in [0.29, 0.717) is 13.0 Å². The van der Waals surface area contributed by atoms with E-state index >= 15 is 0 Å². The average molecular weight is 214 g/mol. The first-order valence-corrected chi connectivity index (χ1v) is 5.33. The lowest BCUT2D eigenvalue weighted by Crippen LogP contribution is -2.50. The first-order chi connectivity index (χ1) is 7.04. The van der Waals surface area contributed by atoms with Gasteiger partial charge >= 0.3 is 5.97 Å². The Kier molecular flexibility index (Phi) is 4.08. The Hall–Kier alpha value is -1.10. The van der Waals surface area contributed by atoms with E-state index in [0.717, 1.165) is 19.3 Å². The highest BCUT2D eigenvalue weighted by Crippen LogP contribution is 2.17. The first-order valence-electron chi connectivity index (χ1n) is 5.33. The number of hydrogen-bond donors (Lipinski definition) is 2. The number of amides is 1. The zero-order valence-electron chi connectivity index (χ0n) is 8.98. The molecule has 0 bridgehead atoms. The minimum atomic E-state index is -0.925. The van der Waals surface area contributed by atoms with Gasteiger partial charge in [-0.1, -0.05) is 12.8 Å². The molecule has 2 unspecified atom stereocenters. The number of carboxylic acids is 1. The van der Waals surface area contributed by atoms with Crippen LogP contribution in [0.2, 0.25) is 0 Å². The van der Waals surface area contributed by atoms with Crippen molar-refractivity contribution in [1.29, 1.82) is 0 Å². The zero-order chi connectivity index (χ0) is 11.4. The molecule has 2 atom stereocenters. The van der Waals surface area contributed by atoms with Gasteiger partial charge in [0, 0.05) is 6.54 Å². The number of nitrogens with two attached hydrogens (primary N) is 1. The molecule has 0 saturated carbocycles. The number of likely N-dealkylation sites (tertiary alicyclic amines) is 1. The van der Waals surface area contributed by atoms with E-state index in [4.69, 9.17) is 10.8 Å². The first kappa shape index (κ1) is 12.0. The Morgan fingerprint density at radius 3 is 2.60 bits per heavy atom. The highest BCUT2D eigenvalue weighted by Gasteiger charge is 2.31. The molecular formula is C10H18N2O3. The van der Waals surface area contributed by atoms with Crippen LogP contribution in [0.15, 0.2) is 0 Å². The molecule has 86 valence electrons. The quantitative estimate of drug-likeness (QED) is 0.687. The lowest BCUT2D eigenvalue weighted by atomic mass is 10.1. The van der Waals surface area contributed by atoms with Crippen molar-refractivity contribution < 1.29 is 14.7 Å². The maximum absolute atomic E-state index is 11.7. The van der Waals surface area contributed by atoms with Gasteiger partial charge in [-0.15, -0.1) is 0 Å². The summed E-state index contributed by atoms with van der Waals surface area (Å²) >= 11 is 0. The summed E-state index contributed by atoms with van der Waals surface area (Å²) < 4.78 is 0. The van der Waals surface area contributed by atoms with Crippen molar-refractivity contribution in [3.8, 4) is 0 Å². The minimum Gasteiger partial charge on any atom is -0.480 e. The van der Waals surface area contributed by atoms with Crippen LogP contribution in [0.4, 0.5) is 0 Å². The van der Waals surface area contributed by atoms with E-state index in [1.54, 1.807) is 6.92 Å². The molecule has 5 heteroatoms. The van der Waals surface area contributed by atoms with E-state index in [1.807, 2.05) is 0 Å². The van der Waals surface area contributed by atoms with Crippen molar-refractivity contribution in [2.24, 2.45) is 5.73 Å². The Morgan fingerprint density at radius 1 is 1.40 bits per heavy atom. The second kappa shape index (κ2) is 5.11. The predicted octanol–water partition coefficient (Wildman–Crippen LogP) is 0.189. The molecule has 0 aromatic carbocycles. The molecule has 1 aliphatic rings. The molecule has 1 aliphatic heterocycles. The summed E-state index contributed by atoms with van der Waals surface area (Å²) in [6.45, 7) is 2.10. The molecule has 5 nitrogen and oxygen atoms in total. The van der Waals surface area contributed by atoms with Crippen LogP contribution in [0, 0.1) is 0 Å². The molecule has 0 radical (unpaired) electrons. The molecule has 1 rings (SSSR count). The fraction of sp³-hybridized carbons (Fsp3) is 0.800. The van der Waals surface area contributed by atoms with Crippen LogP contribution in [0.1, 0.15) is 32.6 Å². The lowest BCUT2D eigenvalue weighted by Gasteiger charge is -2.28. The minimum absolute atomic E-state index is 0.260. The third kappa shape index (κ3) is 2.92. The van der Waals surface area contributed by atoms with Gasteiger partial charge in [0.25, 0.3) is 0 Å². The van der Waals surface area contributed by atoms with Crippen molar-refractivity contribution in [2.45, 2.75) is 44.7 Å². The number of carbonyl (C=O) groups excluding carboxylic acids is 1. The van der Waals surface area contributed by atoms with Crippen molar-refractivity contribution in [2.75, 3.05) is 6.54 Å².